The van der Waals surface area contributed by atoms with Crippen molar-refractivity contribution in [1.82, 2.24) is 29.5 Å². The van der Waals surface area contributed by atoms with E-state index < -0.39 is 0 Å². The molecule has 2 fully saturated rings. The molecule has 4 heterocycles. The number of likely N-dealkylation sites (N-methyl/N-ethyl adjacent to an activating group) is 1. The van der Waals surface area contributed by atoms with E-state index in [1.54, 1.807) is 28.0 Å². The van der Waals surface area contributed by atoms with Gasteiger partial charge in [0.1, 0.15) is 12.6 Å². The van der Waals surface area contributed by atoms with E-state index in [9.17, 15) is 9.59 Å². The third-order valence-corrected chi connectivity index (χ3v) is 6.36. The summed E-state index contributed by atoms with van der Waals surface area (Å²) < 4.78 is 7.63. The zero-order chi connectivity index (χ0) is 22.8. The number of pyridine rings is 1. The molecule has 0 N–H and O–H groups in total. The van der Waals surface area contributed by atoms with Crippen molar-refractivity contribution < 1.29 is 14.3 Å². The first-order chi connectivity index (χ1) is 16.1. The Morgan fingerprint density at radius 1 is 1.06 bits per heavy atom. The first-order valence-electron chi connectivity index (χ1n) is 11.3. The number of rotatable bonds is 4. The van der Waals surface area contributed by atoms with Crippen molar-refractivity contribution in [2.24, 2.45) is 0 Å². The maximum atomic E-state index is 13.5. The topological polar surface area (TPSA) is 83.8 Å². The van der Waals surface area contributed by atoms with Gasteiger partial charge in [-0.25, -0.2) is 4.98 Å². The Kier molecular flexibility index (Phi) is 6.06. The zero-order valence-corrected chi connectivity index (χ0v) is 18.8. The first kappa shape index (κ1) is 21.5. The van der Waals surface area contributed by atoms with Crippen LogP contribution in [0.5, 0.6) is 0 Å². The van der Waals surface area contributed by atoms with Crippen LogP contribution in [0.3, 0.4) is 0 Å². The Hall–Kier alpha value is -3.30. The third kappa shape index (κ3) is 4.60. The predicted molar refractivity (Wildman–Crippen MR) is 123 cm³/mol. The Balaban J connectivity index is 1.41. The van der Waals surface area contributed by atoms with Crippen LogP contribution in [0.1, 0.15) is 22.2 Å². The van der Waals surface area contributed by atoms with Gasteiger partial charge in [-0.3, -0.25) is 14.3 Å². The Morgan fingerprint density at radius 3 is 2.67 bits per heavy atom. The van der Waals surface area contributed by atoms with Crippen molar-refractivity contribution in [3.8, 4) is 0 Å². The van der Waals surface area contributed by atoms with Crippen LogP contribution < -0.4 is 0 Å². The number of carbonyl (C=O) groups excluding carboxylic acids is 2. The molecule has 33 heavy (non-hydrogen) atoms. The standard InChI is InChI=1S/C24H28N6O3/c1-27-9-11-28(12-10-27)24(32)19-15-21(26-20-6-3-2-5-18(19)20)22-16-29(13-14-33-22)23(31)17-30-8-4-7-25-30/h2-8,15,22H,9-14,16-17H2,1H3. The molecule has 2 aliphatic rings. The number of fused-ring (bicyclic) bond motifs is 1. The van der Waals surface area contributed by atoms with Crippen LogP contribution in [0.15, 0.2) is 48.8 Å². The predicted octanol–water partition coefficient (Wildman–Crippen LogP) is 1.42. The van der Waals surface area contributed by atoms with E-state index in [0.717, 1.165) is 24.0 Å². The van der Waals surface area contributed by atoms with E-state index in [4.69, 9.17) is 9.72 Å². The van der Waals surface area contributed by atoms with Crippen molar-refractivity contribution in [3.05, 3.63) is 60.0 Å². The van der Waals surface area contributed by atoms with Gasteiger partial charge < -0.3 is 19.4 Å². The smallest absolute Gasteiger partial charge is 0.254 e. The monoisotopic (exact) mass is 448 g/mol. The van der Waals surface area contributed by atoms with Gasteiger partial charge in [0.15, 0.2) is 0 Å². The molecule has 0 saturated carbocycles. The highest BCUT2D eigenvalue weighted by Crippen LogP contribution is 2.27. The molecule has 2 saturated heterocycles. The lowest BCUT2D eigenvalue weighted by molar-refractivity contribution is -0.140. The van der Waals surface area contributed by atoms with Gasteiger partial charge in [-0.1, -0.05) is 18.2 Å². The quantitative estimate of drug-likeness (QED) is 0.600. The molecule has 9 nitrogen and oxygen atoms in total. The molecule has 2 amide bonds. The van der Waals surface area contributed by atoms with Crippen LogP contribution in [0, 0.1) is 0 Å². The van der Waals surface area contributed by atoms with Gasteiger partial charge in [-0.15, -0.1) is 0 Å². The molecule has 2 aliphatic heterocycles. The second-order valence-electron chi connectivity index (χ2n) is 8.61. The summed E-state index contributed by atoms with van der Waals surface area (Å²) in [7, 11) is 2.07. The molecule has 172 valence electrons. The highest BCUT2D eigenvalue weighted by atomic mass is 16.5. The maximum absolute atomic E-state index is 13.5. The molecule has 1 aromatic carbocycles. The minimum atomic E-state index is -0.385. The largest absolute Gasteiger partial charge is 0.368 e. The number of para-hydroxylation sites is 1. The molecular weight excluding hydrogens is 420 g/mol. The molecule has 9 heteroatoms. The number of hydrogen-bond acceptors (Lipinski definition) is 6. The summed E-state index contributed by atoms with van der Waals surface area (Å²) in [5.74, 6) is 0.00639. The van der Waals surface area contributed by atoms with E-state index in [1.165, 1.54) is 0 Å². The molecule has 2 aromatic heterocycles. The van der Waals surface area contributed by atoms with Crippen LogP contribution in [0.25, 0.3) is 10.9 Å². The van der Waals surface area contributed by atoms with Gasteiger partial charge in [-0.05, 0) is 25.2 Å². The average molecular weight is 449 g/mol. The molecule has 1 unspecified atom stereocenters. The zero-order valence-electron chi connectivity index (χ0n) is 18.8. The number of piperazine rings is 1. The minimum absolute atomic E-state index is 0.0125. The fraction of sp³-hybridized carbons (Fsp3) is 0.417. The molecular formula is C24H28N6O3. The Morgan fingerprint density at radius 2 is 1.88 bits per heavy atom. The maximum Gasteiger partial charge on any atom is 0.254 e. The molecule has 0 radical (unpaired) electrons. The van der Waals surface area contributed by atoms with Crippen molar-refractivity contribution >= 4 is 22.7 Å². The van der Waals surface area contributed by atoms with Crippen molar-refractivity contribution in [1.29, 1.82) is 0 Å². The van der Waals surface area contributed by atoms with Gasteiger partial charge in [0, 0.05) is 50.5 Å². The van der Waals surface area contributed by atoms with Crippen LogP contribution in [-0.4, -0.2) is 94.2 Å². The first-order valence-corrected chi connectivity index (χ1v) is 11.3. The van der Waals surface area contributed by atoms with Gasteiger partial charge >= 0.3 is 0 Å². The van der Waals surface area contributed by atoms with Gasteiger partial charge in [0.05, 0.1) is 29.9 Å². The average Bonchev–Trinajstić information content (AvgIpc) is 3.36. The number of nitrogens with zero attached hydrogens (tertiary/aromatic N) is 6. The fourth-order valence-electron chi connectivity index (χ4n) is 4.40. The van der Waals surface area contributed by atoms with Gasteiger partial charge in [-0.2, -0.15) is 5.10 Å². The lowest BCUT2D eigenvalue weighted by Crippen LogP contribution is -2.47. The molecule has 3 aromatic rings. The lowest BCUT2D eigenvalue weighted by atomic mass is 10.0. The second kappa shape index (κ2) is 9.29. The summed E-state index contributed by atoms with van der Waals surface area (Å²) in [6.45, 7) is 4.67. The van der Waals surface area contributed by atoms with Crippen molar-refractivity contribution in [2.75, 3.05) is 52.9 Å². The van der Waals surface area contributed by atoms with E-state index in [1.807, 2.05) is 35.2 Å². The Labute approximate surface area is 192 Å². The van der Waals surface area contributed by atoms with Crippen molar-refractivity contribution in [3.63, 3.8) is 0 Å². The summed E-state index contributed by atoms with van der Waals surface area (Å²) in [6.07, 6.45) is 3.05. The molecule has 0 spiro atoms. The van der Waals surface area contributed by atoms with Gasteiger partial charge in [0.2, 0.25) is 5.91 Å². The summed E-state index contributed by atoms with van der Waals surface area (Å²) in [5, 5.41) is 4.96. The van der Waals surface area contributed by atoms with E-state index in [0.29, 0.717) is 44.0 Å². The van der Waals surface area contributed by atoms with Gasteiger partial charge in [0.25, 0.3) is 5.91 Å². The number of carbonyl (C=O) groups is 2. The highest BCUT2D eigenvalue weighted by molar-refractivity contribution is 6.06. The summed E-state index contributed by atoms with van der Waals surface area (Å²) in [6, 6.07) is 11.4. The molecule has 0 bridgehead atoms. The second-order valence-corrected chi connectivity index (χ2v) is 8.61. The van der Waals surface area contributed by atoms with Crippen molar-refractivity contribution in [2.45, 2.75) is 12.6 Å². The molecule has 1 atom stereocenters. The van der Waals surface area contributed by atoms with Crippen LogP contribution >= 0.6 is 0 Å². The number of ether oxygens (including phenoxy) is 1. The summed E-state index contributed by atoms with van der Waals surface area (Å²) in [5.41, 5.74) is 2.09. The normalized spacial score (nSPS) is 19.7. The van der Waals surface area contributed by atoms with E-state index in [-0.39, 0.29) is 24.5 Å². The third-order valence-electron chi connectivity index (χ3n) is 6.36. The highest BCUT2D eigenvalue weighted by Gasteiger charge is 2.29. The van der Waals surface area contributed by atoms with Crippen LogP contribution in [0.2, 0.25) is 0 Å². The number of aromatic nitrogens is 3. The molecule has 0 aliphatic carbocycles. The fourth-order valence-corrected chi connectivity index (χ4v) is 4.40. The lowest BCUT2D eigenvalue weighted by Gasteiger charge is -2.34. The number of benzene rings is 1. The van der Waals surface area contributed by atoms with E-state index >= 15 is 0 Å². The summed E-state index contributed by atoms with van der Waals surface area (Å²) in [4.78, 5) is 37.0. The number of amides is 2. The number of morpholine rings is 1. The number of hydrogen-bond donors (Lipinski definition) is 0. The van der Waals surface area contributed by atoms with E-state index in [2.05, 4.69) is 17.0 Å². The Bertz CT molecular complexity index is 1140. The molecule has 5 rings (SSSR count). The van der Waals surface area contributed by atoms with Crippen LogP contribution in [0.4, 0.5) is 0 Å². The minimum Gasteiger partial charge on any atom is -0.368 e. The summed E-state index contributed by atoms with van der Waals surface area (Å²) >= 11 is 0. The SMILES string of the molecule is CN1CCN(C(=O)c2cc(C3CN(C(=O)Cn4cccn4)CCO3)nc3ccccc23)CC1. The van der Waals surface area contributed by atoms with Crippen LogP contribution in [-0.2, 0) is 16.1 Å².